The first kappa shape index (κ1) is 15.5. The lowest BCUT2D eigenvalue weighted by molar-refractivity contribution is 0.0978. The van der Waals surface area contributed by atoms with Crippen LogP contribution < -0.4 is 9.47 Å². The normalized spacial score (nSPS) is 10.3. The Bertz CT molecular complexity index is 424. The van der Waals surface area contributed by atoms with Crippen molar-refractivity contribution in [1.29, 1.82) is 0 Å². The Labute approximate surface area is 115 Å². The van der Waals surface area contributed by atoms with Gasteiger partial charge in [0.15, 0.2) is 17.3 Å². The Balaban J connectivity index is 2.79. The first-order valence-electron chi connectivity index (χ1n) is 6.89. The Morgan fingerprint density at radius 3 is 2.26 bits per heavy atom. The first-order valence-corrected chi connectivity index (χ1v) is 6.89. The molecule has 3 nitrogen and oxygen atoms in total. The molecule has 0 heterocycles. The molecule has 0 fully saturated rings. The van der Waals surface area contributed by atoms with Gasteiger partial charge in [-0.25, -0.2) is 0 Å². The zero-order chi connectivity index (χ0) is 14.3. The summed E-state index contributed by atoms with van der Waals surface area (Å²) in [4.78, 5) is 12.2. The highest BCUT2D eigenvalue weighted by Gasteiger charge is 2.14. The van der Waals surface area contributed by atoms with Crippen LogP contribution in [0.4, 0.5) is 0 Å². The molecule has 1 aromatic carbocycles. The SMILES string of the molecule is CCCCCCC(=O)c1cc(OC)c(OC)cc1C. The second-order valence-electron chi connectivity index (χ2n) is 4.76. The van der Waals surface area contributed by atoms with E-state index in [1.165, 1.54) is 12.8 Å². The van der Waals surface area contributed by atoms with Crippen LogP contribution in [0.15, 0.2) is 12.1 Å². The van der Waals surface area contributed by atoms with Crippen LogP contribution in [-0.4, -0.2) is 20.0 Å². The highest BCUT2D eigenvalue weighted by Crippen LogP contribution is 2.31. The van der Waals surface area contributed by atoms with Crippen molar-refractivity contribution in [3.05, 3.63) is 23.3 Å². The van der Waals surface area contributed by atoms with Gasteiger partial charge in [-0.3, -0.25) is 4.79 Å². The predicted octanol–water partition coefficient (Wildman–Crippen LogP) is 4.17. The molecular formula is C16H24O3. The van der Waals surface area contributed by atoms with E-state index in [1.807, 2.05) is 13.0 Å². The van der Waals surface area contributed by atoms with Crippen LogP contribution in [0.2, 0.25) is 0 Å². The van der Waals surface area contributed by atoms with Gasteiger partial charge < -0.3 is 9.47 Å². The van der Waals surface area contributed by atoms with E-state index in [9.17, 15) is 4.79 Å². The van der Waals surface area contributed by atoms with Gasteiger partial charge in [0.1, 0.15) is 0 Å². The molecule has 1 rings (SSSR count). The van der Waals surface area contributed by atoms with Gasteiger partial charge in [-0.05, 0) is 31.0 Å². The molecule has 0 aromatic heterocycles. The van der Waals surface area contributed by atoms with Crippen molar-refractivity contribution in [2.24, 2.45) is 0 Å². The Morgan fingerprint density at radius 2 is 1.68 bits per heavy atom. The summed E-state index contributed by atoms with van der Waals surface area (Å²) in [6.45, 7) is 4.10. The largest absolute Gasteiger partial charge is 0.493 e. The molecule has 0 bridgehead atoms. The molecule has 0 saturated carbocycles. The number of benzene rings is 1. The minimum absolute atomic E-state index is 0.189. The van der Waals surface area contributed by atoms with E-state index in [4.69, 9.17) is 9.47 Å². The van der Waals surface area contributed by atoms with Crippen molar-refractivity contribution in [2.45, 2.75) is 46.0 Å². The second kappa shape index (κ2) is 7.82. The van der Waals surface area contributed by atoms with E-state index in [0.29, 0.717) is 17.9 Å². The van der Waals surface area contributed by atoms with Crippen LogP contribution >= 0.6 is 0 Å². The van der Waals surface area contributed by atoms with Crippen molar-refractivity contribution in [2.75, 3.05) is 14.2 Å². The zero-order valence-corrected chi connectivity index (χ0v) is 12.4. The second-order valence-corrected chi connectivity index (χ2v) is 4.76. The molecule has 0 aliphatic heterocycles. The number of hydrogen-bond donors (Lipinski definition) is 0. The van der Waals surface area contributed by atoms with Crippen molar-refractivity contribution >= 4 is 5.78 Å². The third-order valence-corrected chi connectivity index (χ3v) is 3.29. The van der Waals surface area contributed by atoms with Crippen LogP contribution in [0.3, 0.4) is 0 Å². The Hall–Kier alpha value is -1.51. The number of ketones is 1. The minimum atomic E-state index is 0.189. The summed E-state index contributed by atoms with van der Waals surface area (Å²) >= 11 is 0. The highest BCUT2D eigenvalue weighted by atomic mass is 16.5. The number of methoxy groups -OCH3 is 2. The van der Waals surface area contributed by atoms with E-state index < -0.39 is 0 Å². The molecule has 0 spiro atoms. The molecule has 106 valence electrons. The fraction of sp³-hybridized carbons (Fsp3) is 0.562. The molecule has 3 heteroatoms. The van der Waals surface area contributed by atoms with E-state index in [0.717, 1.165) is 24.0 Å². The summed E-state index contributed by atoms with van der Waals surface area (Å²) in [7, 11) is 3.19. The van der Waals surface area contributed by atoms with Crippen molar-refractivity contribution in [3.8, 4) is 11.5 Å². The predicted molar refractivity (Wildman–Crippen MR) is 77.4 cm³/mol. The number of carbonyl (C=O) groups excluding carboxylic acids is 1. The number of rotatable bonds is 8. The molecule has 0 radical (unpaired) electrons. The van der Waals surface area contributed by atoms with Crippen LogP contribution in [0.25, 0.3) is 0 Å². The number of unbranched alkanes of at least 4 members (excludes halogenated alkanes) is 3. The van der Waals surface area contributed by atoms with E-state index in [1.54, 1.807) is 20.3 Å². The van der Waals surface area contributed by atoms with Gasteiger partial charge in [-0.1, -0.05) is 26.2 Å². The highest BCUT2D eigenvalue weighted by molar-refractivity contribution is 5.98. The molecule has 0 aliphatic rings. The molecule has 0 amide bonds. The van der Waals surface area contributed by atoms with E-state index in [-0.39, 0.29) is 5.78 Å². The summed E-state index contributed by atoms with van der Waals surface area (Å²) in [5.74, 6) is 1.47. The number of carbonyl (C=O) groups is 1. The third kappa shape index (κ3) is 4.27. The maximum Gasteiger partial charge on any atom is 0.163 e. The topological polar surface area (TPSA) is 35.5 Å². The number of ether oxygens (including phenoxy) is 2. The van der Waals surface area contributed by atoms with Gasteiger partial charge in [0.2, 0.25) is 0 Å². The lowest BCUT2D eigenvalue weighted by Gasteiger charge is -2.12. The van der Waals surface area contributed by atoms with Crippen LogP contribution in [0.5, 0.6) is 11.5 Å². The summed E-state index contributed by atoms with van der Waals surface area (Å²) in [6, 6.07) is 3.65. The van der Waals surface area contributed by atoms with Crippen molar-refractivity contribution in [1.82, 2.24) is 0 Å². The minimum Gasteiger partial charge on any atom is -0.493 e. The number of aryl methyl sites for hydroxylation is 1. The molecule has 0 N–H and O–H groups in total. The Morgan fingerprint density at radius 1 is 1.05 bits per heavy atom. The van der Waals surface area contributed by atoms with Gasteiger partial charge >= 0.3 is 0 Å². The summed E-state index contributed by atoms with van der Waals surface area (Å²) < 4.78 is 10.5. The van der Waals surface area contributed by atoms with Crippen molar-refractivity contribution < 1.29 is 14.3 Å². The molecule has 0 saturated heterocycles. The lowest BCUT2D eigenvalue weighted by Crippen LogP contribution is -2.03. The lowest BCUT2D eigenvalue weighted by atomic mass is 9.99. The monoisotopic (exact) mass is 264 g/mol. The molecule has 0 unspecified atom stereocenters. The molecular weight excluding hydrogens is 240 g/mol. The van der Waals surface area contributed by atoms with E-state index >= 15 is 0 Å². The maximum atomic E-state index is 12.2. The molecule has 0 atom stereocenters. The quantitative estimate of drug-likeness (QED) is 0.522. The zero-order valence-electron chi connectivity index (χ0n) is 12.4. The maximum absolute atomic E-state index is 12.2. The smallest absolute Gasteiger partial charge is 0.163 e. The molecule has 19 heavy (non-hydrogen) atoms. The fourth-order valence-corrected chi connectivity index (χ4v) is 2.13. The van der Waals surface area contributed by atoms with Crippen LogP contribution in [-0.2, 0) is 0 Å². The van der Waals surface area contributed by atoms with Gasteiger partial charge in [0, 0.05) is 12.0 Å². The summed E-state index contributed by atoms with van der Waals surface area (Å²) in [6.07, 6.45) is 5.06. The van der Waals surface area contributed by atoms with Gasteiger partial charge in [0.05, 0.1) is 14.2 Å². The average Bonchev–Trinajstić information content (AvgIpc) is 2.42. The number of Topliss-reactive ketones (excluding diaryl/α,β-unsaturated/α-hetero) is 1. The van der Waals surface area contributed by atoms with Gasteiger partial charge in [-0.15, -0.1) is 0 Å². The van der Waals surface area contributed by atoms with E-state index in [2.05, 4.69) is 6.92 Å². The van der Waals surface area contributed by atoms with Crippen LogP contribution in [0, 0.1) is 6.92 Å². The fourth-order valence-electron chi connectivity index (χ4n) is 2.13. The third-order valence-electron chi connectivity index (χ3n) is 3.29. The number of hydrogen-bond acceptors (Lipinski definition) is 3. The first-order chi connectivity index (χ1) is 9.13. The Kier molecular flexibility index (Phi) is 6.40. The summed E-state index contributed by atoms with van der Waals surface area (Å²) in [5.41, 5.74) is 1.69. The van der Waals surface area contributed by atoms with Crippen molar-refractivity contribution in [3.63, 3.8) is 0 Å². The average molecular weight is 264 g/mol. The molecule has 1 aromatic rings. The standard InChI is InChI=1S/C16H24O3/c1-5-6-7-8-9-14(17)13-11-16(19-4)15(18-3)10-12(13)2/h10-11H,5-9H2,1-4H3. The molecule has 0 aliphatic carbocycles. The van der Waals surface area contributed by atoms with Gasteiger partial charge in [-0.2, -0.15) is 0 Å². The van der Waals surface area contributed by atoms with Gasteiger partial charge in [0.25, 0.3) is 0 Å². The summed E-state index contributed by atoms with van der Waals surface area (Å²) in [5, 5.41) is 0. The van der Waals surface area contributed by atoms with Crippen LogP contribution in [0.1, 0.15) is 54.9 Å².